The summed E-state index contributed by atoms with van der Waals surface area (Å²) in [5.41, 5.74) is 2.48. The minimum Gasteiger partial charge on any atom is -0.356 e. The van der Waals surface area contributed by atoms with Gasteiger partial charge in [0.1, 0.15) is 5.69 Å². The van der Waals surface area contributed by atoms with Crippen molar-refractivity contribution in [3.05, 3.63) is 64.4 Å². The van der Waals surface area contributed by atoms with Crippen molar-refractivity contribution >= 4 is 34.6 Å². The maximum Gasteiger partial charge on any atom is 0.220 e. The number of imidazole rings is 1. The van der Waals surface area contributed by atoms with Crippen LogP contribution in [-0.2, 0) is 11.2 Å². The Balaban J connectivity index is 1.43. The molecule has 0 saturated heterocycles. The Bertz CT molecular complexity index is 873. The number of thiophene rings is 1. The molecule has 5 nitrogen and oxygen atoms in total. The average Bonchev–Trinajstić information content (AvgIpc) is 3.31. The van der Waals surface area contributed by atoms with Crippen molar-refractivity contribution in [1.82, 2.24) is 15.3 Å². The number of amides is 1. The fraction of sp³-hybridized carbons (Fsp3) is 0.211. The van der Waals surface area contributed by atoms with Crippen LogP contribution < -0.4 is 5.32 Å². The number of carbonyl (C=O) groups is 2. The number of ketones is 1. The van der Waals surface area contributed by atoms with Crippen LogP contribution in [0.2, 0.25) is 5.02 Å². The van der Waals surface area contributed by atoms with Gasteiger partial charge in [-0.3, -0.25) is 9.59 Å². The number of benzene rings is 1. The Labute approximate surface area is 160 Å². The van der Waals surface area contributed by atoms with Gasteiger partial charge in [0.05, 0.1) is 11.2 Å². The van der Waals surface area contributed by atoms with Gasteiger partial charge < -0.3 is 10.3 Å². The molecule has 2 heterocycles. The fourth-order valence-electron chi connectivity index (χ4n) is 2.56. The lowest BCUT2D eigenvalue weighted by molar-refractivity contribution is -0.121. The number of hydrogen-bond acceptors (Lipinski definition) is 4. The third kappa shape index (κ3) is 4.80. The number of rotatable bonds is 8. The van der Waals surface area contributed by atoms with Crippen molar-refractivity contribution in [2.24, 2.45) is 0 Å². The van der Waals surface area contributed by atoms with Crippen LogP contribution in [0.1, 0.15) is 28.9 Å². The summed E-state index contributed by atoms with van der Waals surface area (Å²) in [6.07, 6.45) is 2.67. The predicted octanol–water partition coefficient (Wildman–Crippen LogP) is 4.11. The molecule has 0 unspecified atom stereocenters. The molecule has 0 radical (unpaired) electrons. The maximum atomic E-state index is 12.1. The summed E-state index contributed by atoms with van der Waals surface area (Å²) in [4.78, 5) is 32.6. The SMILES string of the molecule is O=C(CCC(=O)c1ccc(Cl)cc1)NCCc1[nH]cnc1-c1cccs1. The van der Waals surface area contributed by atoms with Gasteiger partial charge in [0.15, 0.2) is 5.78 Å². The standard InChI is InChI=1S/C19H18ClN3O2S/c20-14-5-3-13(4-6-14)16(24)7-8-18(25)21-10-9-15-19(23-12-22-15)17-2-1-11-26-17/h1-6,11-12H,7-10H2,(H,21,25)(H,22,23). The molecule has 3 rings (SSSR count). The molecular formula is C19H18ClN3O2S. The van der Waals surface area contributed by atoms with E-state index in [9.17, 15) is 9.59 Å². The number of nitrogens with zero attached hydrogens (tertiary/aromatic N) is 1. The number of Topliss-reactive ketones (excluding diaryl/α,β-unsaturated/α-hetero) is 1. The first-order valence-corrected chi connectivity index (χ1v) is 9.51. The summed E-state index contributed by atoms with van der Waals surface area (Å²) in [5, 5.41) is 5.44. The molecule has 134 valence electrons. The van der Waals surface area contributed by atoms with E-state index < -0.39 is 0 Å². The average molecular weight is 388 g/mol. The van der Waals surface area contributed by atoms with Crippen LogP contribution in [0.4, 0.5) is 0 Å². The number of hydrogen-bond donors (Lipinski definition) is 2. The van der Waals surface area contributed by atoms with Gasteiger partial charge in [-0.1, -0.05) is 17.7 Å². The molecule has 0 aliphatic carbocycles. The van der Waals surface area contributed by atoms with E-state index >= 15 is 0 Å². The van der Waals surface area contributed by atoms with Crippen LogP contribution in [0.25, 0.3) is 10.6 Å². The van der Waals surface area contributed by atoms with Crippen LogP contribution in [0, 0.1) is 0 Å². The smallest absolute Gasteiger partial charge is 0.220 e. The molecule has 7 heteroatoms. The van der Waals surface area contributed by atoms with E-state index in [4.69, 9.17) is 11.6 Å². The topological polar surface area (TPSA) is 74.8 Å². The first-order chi connectivity index (χ1) is 12.6. The van der Waals surface area contributed by atoms with Gasteiger partial charge in [-0.2, -0.15) is 0 Å². The highest BCUT2D eigenvalue weighted by atomic mass is 35.5. The molecule has 1 aromatic carbocycles. The molecule has 2 N–H and O–H groups in total. The first-order valence-electron chi connectivity index (χ1n) is 8.25. The van der Waals surface area contributed by atoms with E-state index in [1.807, 2.05) is 17.5 Å². The first kappa shape index (κ1) is 18.4. The predicted molar refractivity (Wildman–Crippen MR) is 104 cm³/mol. The van der Waals surface area contributed by atoms with E-state index in [1.165, 1.54) is 0 Å². The van der Waals surface area contributed by atoms with Crippen LogP contribution in [-0.4, -0.2) is 28.2 Å². The molecule has 0 saturated carbocycles. The number of H-pyrrole nitrogens is 1. The van der Waals surface area contributed by atoms with Crippen molar-refractivity contribution < 1.29 is 9.59 Å². The molecule has 0 bridgehead atoms. The monoisotopic (exact) mass is 387 g/mol. The molecule has 0 spiro atoms. The van der Waals surface area contributed by atoms with E-state index in [2.05, 4.69) is 15.3 Å². The molecule has 0 fully saturated rings. The van der Waals surface area contributed by atoms with Crippen LogP contribution in [0.15, 0.2) is 48.1 Å². The van der Waals surface area contributed by atoms with Gasteiger partial charge in [0.25, 0.3) is 0 Å². The largest absolute Gasteiger partial charge is 0.356 e. The van der Waals surface area contributed by atoms with Crippen molar-refractivity contribution in [1.29, 1.82) is 0 Å². The molecule has 26 heavy (non-hydrogen) atoms. The number of aromatic nitrogens is 2. The van der Waals surface area contributed by atoms with Crippen LogP contribution in [0.5, 0.6) is 0 Å². The highest BCUT2D eigenvalue weighted by molar-refractivity contribution is 7.13. The van der Waals surface area contributed by atoms with Crippen molar-refractivity contribution in [3.63, 3.8) is 0 Å². The second-order valence-electron chi connectivity index (χ2n) is 5.74. The Kier molecular flexibility index (Phi) is 6.20. The van der Waals surface area contributed by atoms with Crippen molar-refractivity contribution in [2.75, 3.05) is 6.54 Å². The van der Waals surface area contributed by atoms with Gasteiger partial charge in [-0.05, 0) is 35.7 Å². The Hall–Kier alpha value is -2.44. The van der Waals surface area contributed by atoms with E-state index in [0.717, 1.165) is 16.3 Å². The maximum absolute atomic E-state index is 12.1. The van der Waals surface area contributed by atoms with Crippen molar-refractivity contribution in [2.45, 2.75) is 19.3 Å². The lowest BCUT2D eigenvalue weighted by Gasteiger charge is -2.05. The number of carbonyl (C=O) groups excluding carboxylic acids is 2. The molecule has 0 aliphatic heterocycles. The van der Waals surface area contributed by atoms with E-state index in [1.54, 1.807) is 41.9 Å². The summed E-state index contributed by atoms with van der Waals surface area (Å²) >= 11 is 7.43. The normalized spacial score (nSPS) is 10.7. The summed E-state index contributed by atoms with van der Waals surface area (Å²) in [6, 6.07) is 10.7. The lowest BCUT2D eigenvalue weighted by atomic mass is 10.1. The second-order valence-corrected chi connectivity index (χ2v) is 7.12. The highest BCUT2D eigenvalue weighted by Gasteiger charge is 2.11. The Morgan fingerprint density at radius 3 is 2.69 bits per heavy atom. The van der Waals surface area contributed by atoms with Gasteiger partial charge in [-0.15, -0.1) is 11.3 Å². The number of aromatic amines is 1. The minimum atomic E-state index is -0.135. The van der Waals surface area contributed by atoms with Gasteiger partial charge in [0, 0.05) is 42.1 Å². The summed E-state index contributed by atoms with van der Waals surface area (Å²) < 4.78 is 0. The van der Waals surface area contributed by atoms with E-state index in [-0.39, 0.29) is 24.5 Å². The summed E-state index contributed by atoms with van der Waals surface area (Å²) in [5.74, 6) is -0.199. The Morgan fingerprint density at radius 2 is 1.96 bits per heavy atom. The third-order valence-corrected chi connectivity index (χ3v) is 5.04. The van der Waals surface area contributed by atoms with E-state index in [0.29, 0.717) is 23.6 Å². The van der Waals surface area contributed by atoms with Crippen molar-refractivity contribution in [3.8, 4) is 10.6 Å². The molecule has 0 aliphatic rings. The van der Waals surface area contributed by atoms with Crippen LogP contribution in [0.3, 0.4) is 0 Å². The van der Waals surface area contributed by atoms with Crippen LogP contribution >= 0.6 is 22.9 Å². The van der Waals surface area contributed by atoms with Gasteiger partial charge in [0.2, 0.25) is 5.91 Å². The minimum absolute atomic E-state index is 0.0645. The summed E-state index contributed by atoms with van der Waals surface area (Å²) in [7, 11) is 0. The quantitative estimate of drug-likeness (QED) is 0.571. The van der Waals surface area contributed by atoms with Gasteiger partial charge in [-0.25, -0.2) is 4.98 Å². The molecule has 0 atom stereocenters. The zero-order valence-electron chi connectivity index (χ0n) is 14.0. The van der Waals surface area contributed by atoms with Gasteiger partial charge >= 0.3 is 0 Å². The number of halogens is 1. The molecular weight excluding hydrogens is 370 g/mol. The Morgan fingerprint density at radius 1 is 1.15 bits per heavy atom. The highest BCUT2D eigenvalue weighted by Crippen LogP contribution is 2.25. The fourth-order valence-corrected chi connectivity index (χ4v) is 3.43. The number of nitrogens with one attached hydrogen (secondary N) is 2. The molecule has 3 aromatic rings. The lowest BCUT2D eigenvalue weighted by Crippen LogP contribution is -2.26. The zero-order chi connectivity index (χ0) is 18.4. The second kappa shape index (κ2) is 8.78. The molecule has 2 aromatic heterocycles. The third-order valence-electron chi connectivity index (χ3n) is 3.92. The zero-order valence-corrected chi connectivity index (χ0v) is 15.6. The molecule has 1 amide bonds. The summed E-state index contributed by atoms with van der Waals surface area (Å²) in [6.45, 7) is 0.495.